The van der Waals surface area contributed by atoms with Crippen molar-refractivity contribution in [3.8, 4) is 0 Å². The largest absolute Gasteiger partial charge is 0.324 e. The van der Waals surface area contributed by atoms with E-state index in [4.69, 9.17) is 0 Å². The van der Waals surface area contributed by atoms with E-state index in [9.17, 15) is 18.4 Å². The summed E-state index contributed by atoms with van der Waals surface area (Å²) in [5, 5.41) is 4.72. The maximum atomic E-state index is 13.4. The zero-order valence-electron chi connectivity index (χ0n) is 12.4. The number of carbonyl (C=O) groups excluding carboxylic acids is 2. The molecular weight excluding hydrogens is 320 g/mol. The fourth-order valence-electron chi connectivity index (χ4n) is 2.07. The summed E-state index contributed by atoms with van der Waals surface area (Å²) in [6.07, 6.45) is 4.62. The summed E-state index contributed by atoms with van der Waals surface area (Å²) in [6, 6.07) is 3.24. The topological polar surface area (TPSA) is 88.4 Å². The number of imidazole rings is 1. The van der Waals surface area contributed by atoms with Gasteiger partial charge in [-0.3, -0.25) is 14.0 Å². The fraction of sp³-hybridized carbons (Fsp3) is 0.0667. The molecule has 0 atom stereocenters. The van der Waals surface area contributed by atoms with E-state index in [0.717, 1.165) is 12.1 Å². The van der Waals surface area contributed by atoms with Crippen LogP contribution in [0.2, 0.25) is 0 Å². The summed E-state index contributed by atoms with van der Waals surface area (Å²) >= 11 is 0. The summed E-state index contributed by atoms with van der Waals surface area (Å²) < 4.78 is 28.3. The van der Waals surface area contributed by atoms with Crippen molar-refractivity contribution in [2.24, 2.45) is 0 Å². The molecule has 0 fully saturated rings. The Morgan fingerprint density at radius 3 is 2.42 bits per heavy atom. The molecule has 2 amide bonds. The van der Waals surface area contributed by atoms with Gasteiger partial charge in [0, 0.05) is 37.6 Å². The van der Waals surface area contributed by atoms with Crippen molar-refractivity contribution in [2.45, 2.75) is 6.92 Å². The van der Waals surface area contributed by atoms with Gasteiger partial charge in [-0.1, -0.05) is 0 Å². The summed E-state index contributed by atoms with van der Waals surface area (Å²) in [6.45, 7) is 1.21. The number of nitrogens with one attached hydrogen (secondary N) is 2. The van der Waals surface area contributed by atoms with Crippen LogP contribution in [0.15, 0.2) is 36.8 Å². The quantitative estimate of drug-likeness (QED) is 0.770. The molecule has 2 N–H and O–H groups in total. The Balaban J connectivity index is 1.93. The van der Waals surface area contributed by atoms with Gasteiger partial charge in [0.05, 0.1) is 11.4 Å². The monoisotopic (exact) mass is 331 g/mol. The van der Waals surface area contributed by atoms with Crippen LogP contribution in [0.25, 0.3) is 5.78 Å². The number of nitrogens with zero attached hydrogens (tertiary/aromatic N) is 3. The first-order chi connectivity index (χ1) is 11.4. The Bertz CT molecular complexity index is 921. The van der Waals surface area contributed by atoms with Crippen molar-refractivity contribution in [3.63, 3.8) is 0 Å². The predicted molar refractivity (Wildman–Crippen MR) is 81.6 cm³/mol. The van der Waals surface area contributed by atoms with E-state index in [2.05, 4.69) is 20.6 Å². The van der Waals surface area contributed by atoms with Crippen LogP contribution in [0, 0.1) is 11.6 Å². The van der Waals surface area contributed by atoms with Crippen LogP contribution in [0.4, 0.5) is 20.2 Å². The zero-order chi connectivity index (χ0) is 17.3. The molecule has 0 bridgehead atoms. The fourth-order valence-corrected chi connectivity index (χ4v) is 2.07. The number of carbonyl (C=O) groups is 2. The minimum atomic E-state index is -1.16. The first kappa shape index (κ1) is 15.5. The summed E-state index contributed by atoms with van der Waals surface area (Å²) in [4.78, 5) is 31.4. The van der Waals surface area contributed by atoms with Crippen molar-refractivity contribution in [3.05, 3.63) is 54.1 Å². The molecule has 3 rings (SSSR count). The summed E-state index contributed by atoms with van der Waals surface area (Å²) in [7, 11) is 0. The molecule has 0 saturated carbocycles. The maximum absolute atomic E-state index is 13.4. The molecule has 9 heteroatoms. The zero-order valence-corrected chi connectivity index (χ0v) is 12.4. The van der Waals surface area contributed by atoms with Crippen molar-refractivity contribution < 1.29 is 18.4 Å². The second-order valence-electron chi connectivity index (χ2n) is 4.90. The molecule has 0 aliphatic carbocycles. The first-order valence-corrected chi connectivity index (χ1v) is 6.82. The lowest BCUT2D eigenvalue weighted by atomic mass is 10.2. The molecule has 2 heterocycles. The molecule has 0 spiro atoms. The van der Waals surface area contributed by atoms with E-state index >= 15 is 0 Å². The van der Waals surface area contributed by atoms with Crippen LogP contribution in [0.1, 0.15) is 17.4 Å². The highest BCUT2D eigenvalue weighted by molar-refractivity contribution is 6.06. The van der Waals surface area contributed by atoms with Crippen LogP contribution in [-0.4, -0.2) is 26.2 Å². The second-order valence-corrected chi connectivity index (χ2v) is 4.90. The van der Waals surface area contributed by atoms with Gasteiger partial charge in [-0.05, 0) is 6.07 Å². The molecule has 0 aliphatic rings. The minimum Gasteiger partial charge on any atom is -0.324 e. The van der Waals surface area contributed by atoms with Crippen LogP contribution in [-0.2, 0) is 4.79 Å². The number of hydrogen-bond donors (Lipinski definition) is 2. The Labute approximate surface area is 134 Å². The highest BCUT2D eigenvalue weighted by Crippen LogP contribution is 2.25. The normalized spacial score (nSPS) is 10.6. The van der Waals surface area contributed by atoms with Crippen LogP contribution in [0.3, 0.4) is 0 Å². The molecule has 1 aromatic carbocycles. The number of anilines is 2. The maximum Gasteiger partial charge on any atom is 0.276 e. The van der Waals surface area contributed by atoms with Crippen molar-refractivity contribution in [1.82, 2.24) is 14.4 Å². The smallest absolute Gasteiger partial charge is 0.276 e. The molecule has 0 aliphatic heterocycles. The van der Waals surface area contributed by atoms with Crippen molar-refractivity contribution in [2.75, 3.05) is 10.6 Å². The molecule has 2 aromatic heterocycles. The van der Waals surface area contributed by atoms with E-state index in [-0.39, 0.29) is 17.1 Å². The summed E-state index contributed by atoms with van der Waals surface area (Å²) in [5.41, 5.74) is -0.108. The lowest BCUT2D eigenvalue weighted by Crippen LogP contribution is -2.16. The predicted octanol–water partition coefficient (Wildman–Crippen LogP) is 2.22. The number of aromatic nitrogens is 3. The minimum absolute atomic E-state index is 0.0345. The molecule has 7 nitrogen and oxygen atoms in total. The van der Waals surface area contributed by atoms with Crippen LogP contribution < -0.4 is 10.6 Å². The van der Waals surface area contributed by atoms with E-state index in [1.54, 1.807) is 12.3 Å². The van der Waals surface area contributed by atoms with Gasteiger partial charge < -0.3 is 10.6 Å². The van der Waals surface area contributed by atoms with Gasteiger partial charge in [-0.25, -0.2) is 18.7 Å². The average Bonchev–Trinajstić information content (AvgIpc) is 2.96. The van der Waals surface area contributed by atoms with Crippen molar-refractivity contribution in [1.29, 1.82) is 0 Å². The number of halogens is 2. The molecule has 3 aromatic rings. The number of hydrogen-bond acceptors (Lipinski definition) is 4. The molecular formula is C15H11F2N5O2. The Hall–Kier alpha value is -3.36. The first-order valence-electron chi connectivity index (χ1n) is 6.82. The molecule has 122 valence electrons. The van der Waals surface area contributed by atoms with Gasteiger partial charge >= 0.3 is 0 Å². The van der Waals surface area contributed by atoms with Gasteiger partial charge in [0.2, 0.25) is 11.7 Å². The van der Waals surface area contributed by atoms with Gasteiger partial charge in [0.25, 0.3) is 5.91 Å². The molecule has 0 radical (unpaired) electrons. The average molecular weight is 331 g/mol. The molecule has 0 saturated heterocycles. The van der Waals surface area contributed by atoms with Crippen LogP contribution >= 0.6 is 0 Å². The number of amides is 2. The third-order valence-electron chi connectivity index (χ3n) is 3.09. The lowest BCUT2D eigenvalue weighted by molar-refractivity contribution is -0.114. The third-order valence-corrected chi connectivity index (χ3v) is 3.09. The van der Waals surface area contributed by atoms with Gasteiger partial charge in [-0.2, -0.15) is 0 Å². The highest BCUT2D eigenvalue weighted by Gasteiger charge is 2.16. The SMILES string of the molecule is CC(=O)Nc1cc(F)c(F)cc1NC(=O)c1cn2cccnc2n1. The van der Waals surface area contributed by atoms with Gasteiger partial charge in [0.15, 0.2) is 11.6 Å². The standard InChI is InChI=1S/C15H11F2N5O2/c1-8(23)19-11-5-9(16)10(17)6-12(11)20-14(24)13-7-22-4-2-3-18-15(22)21-13/h2-7H,1H3,(H,19,23)(H,20,24). The Morgan fingerprint density at radius 2 is 1.79 bits per heavy atom. The van der Waals surface area contributed by atoms with Gasteiger partial charge in [0.1, 0.15) is 5.69 Å². The third kappa shape index (κ3) is 3.05. The lowest BCUT2D eigenvalue weighted by Gasteiger charge is -2.11. The second kappa shape index (κ2) is 6.03. The van der Waals surface area contributed by atoms with E-state index < -0.39 is 23.4 Å². The highest BCUT2D eigenvalue weighted by atomic mass is 19.2. The number of rotatable bonds is 3. The number of benzene rings is 1. The Kier molecular flexibility index (Phi) is 3.90. The van der Waals surface area contributed by atoms with Gasteiger partial charge in [-0.15, -0.1) is 0 Å². The molecule has 24 heavy (non-hydrogen) atoms. The van der Waals surface area contributed by atoms with Crippen molar-refractivity contribution >= 4 is 29.0 Å². The number of fused-ring (bicyclic) bond motifs is 1. The van der Waals surface area contributed by atoms with Crippen LogP contribution in [0.5, 0.6) is 0 Å². The van der Waals surface area contributed by atoms with E-state index in [1.807, 2.05) is 0 Å². The van der Waals surface area contributed by atoms with E-state index in [0.29, 0.717) is 5.78 Å². The molecule has 0 unspecified atom stereocenters. The Morgan fingerprint density at radius 1 is 1.12 bits per heavy atom. The summed E-state index contributed by atoms with van der Waals surface area (Å²) in [5.74, 6) is -3.13. The van der Waals surface area contributed by atoms with E-state index in [1.165, 1.54) is 23.7 Å².